The van der Waals surface area contributed by atoms with Crippen LogP contribution in [-0.4, -0.2) is 65.2 Å². The highest BCUT2D eigenvalue weighted by Gasteiger charge is 2.49. The first-order valence-electron chi connectivity index (χ1n) is 17.5. The number of Topliss-reactive ketones (excluding diaryl/α,β-unsaturated/α-hetero) is 2. The SMILES string of the molecule is CC.CNCCCC(C)[C@H](C)Oc1cc(/N=C/c2ccn([C@H]3CCOC3)c(=O)c2N)nc(/C(N)=C2\CCC[C@@]3(CCCCC3=O)C2=O)n1. The summed E-state index contributed by atoms with van der Waals surface area (Å²) in [4.78, 5) is 53.7. The van der Waals surface area contributed by atoms with Gasteiger partial charge in [0, 0.05) is 42.6 Å². The van der Waals surface area contributed by atoms with Crippen molar-refractivity contribution in [3.63, 3.8) is 0 Å². The predicted molar refractivity (Wildman–Crippen MR) is 189 cm³/mol. The van der Waals surface area contributed by atoms with Crippen LogP contribution in [0.4, 0.5) is 11.5 Å². The van der Waals surface area contributed by atoms with Crippen molar-refractivity contribution < 1.29 is 19.1 Å². The van der Waals surface area contributed by atoms with Crippen LogP contribution < -0.4 is 27.1 Å². The Labute approximate surface area is 283 Å². The molecule has 262 valence electrons. The Morgan fingerprint density at radius 1 is 1.19 bits per heavy atom. The molecule has 2 aromatic rings. The normalized spacial score (nSPS) is 23.6. The van der Waals surface area contributed by atoms with E-state index in [0.29, 0.717) is 56.5 Å². The fourth-order valence-corrected chi connectivity index (χ4v) is 6.73. The van der Waals surface area contributed by atoms with Gasteiger partial charge in [0.25, 0.3) is 5.56 Å². The molecule has 0 aromatic carbocycles. The van der Waals surface area contributed by atoms with Crippen LogP contribution in [-0.2, 0) is 14.3 Å². The fourth-order valence-electron chi connectivity index (χ4n) is 6.73. The number of pyridine rings is 1. The average molecular weight is 664 g/mol. The van der Waals surface area contributed by atoms with Crippen LogP contribution in [0, 0.1) is 11.3 Å². The van der Waals surface area contributed by atoms with E-state index in [-0.39, 0.29) is 64.1 Å². The number of aliphatic imine (C=N–C) groups is 1. The van der Waals surface area contributed by atoms with Gasteiger partial charge in [-0.3, -0.25) is 14.4 Å². The number of allylic oxidation sites excluding steroid dienone is 1. The zero-order valence-corrected chi connectivity index (χ0v) is 29.2. The van der Waals surface area contributed by atoms with E-state index in [1.165, 1.54) is 6.21 Å². The van der Waals surface area contributed by atoms with Crippen molar-refractivity contribution >= 4 is 35.0 Å². The van der Waals surface area contributed by atoms with Gasteiger partial charge in [-0.2, -0.15) is 4.98 Å². The largest absolute Gasteiger partial charge is 0.474 e. The van der Waals surface area contributed by atoms with Crippen molar-refractivity contribution in [1.29, 1.82) is 0 Å². The van der Waals surface area contributed by atoms with Gasteiger partial charge < -0.3 is 30.8 Å². The molecule has 5 rings (SSSR count). The summed E-state index contributed by atoms with van der Waals surface area (Å²) < 4.78 is 13.3. The third-order valence-electron chi connectivity index (χ3n) is 9.81. The number of hydrogen-bond donors (Lipinski definition) is 3. The molecule has 2 saturated carbocycles. The molecule has 1 aliphatic heterocycles. The molecule has 3 aliphatic rings. The Kier molecular flexibility index (Phi) is 13.1. The Morgan fingerprint density at radius 2 is 1.96 bits per heavy atom. The molecule has 0 amide bonds. The molecular formula is C36H53N7O5. The number of nitrogens with two attached hydrogens (primary N) is 2. The van der Waals surface area contributed by atoms with Gasteiger partial charge in [-0.05, 0) is 83.9 Å². The standard InChI is InChI=1S/C34H47N7O5.C2H6/c1-21(8-7-15-37-3)22(2)46-28-18-27(38-19-23-11-16-41(33(44)29(23)35)24-12-17-45-20-24)39-32(40-28)30(36)25-9-6-14-34(31(25)43)13-5-4-10-26(34)42;1-2/h11,16,18-19,21-22,24,37H,4-10,12-15,17,20,35-36H2,1-3H3;1-2H3/b30-25-,38-19+;/t21?,22-,24-,34+;/m0./s1. The summed E-state index contributed by atoms with van der Waals surface area (Å²) in [6.45, 7) is 10.1. The van der Waals surface area contributed by atoms with Crippen molar-refractivity contribution in [3.05, 3.63) is 45.6 Å². The number of ether oxygens (including phenoxy) is 2. The zero-order valence-electron chi connectivity index (χ0n) is 29.2. The maximum Gasteiger partial charge on any atom is 0.274 e. The lowest BCUT2D eigenvalue weighted by Gasteiger charge is -2.38. The van der Waals surface area contributed by atoms with E-state index in [0.717, 1.165) is 38.6 Å². The van der Waals surface area contributed by atoms with Crippen LogP contribution >= 0.6 is 0 Å². The van der Waals surface area contributed by atoms with Gasteiger partial charge in [0.1, 0.15) is 17.6 Å². The summed E-state index contributed by atoms with van der Waals surface area (Å²) in [5.74, 6) is 0.672. The summed E-state index contributed by atoms with van der Waals surface area (Å²) in [5.41, 5.74) is 12.7. The van der Waals surface area contributed by atoms with Gasteiger partial charge in [-0.15, -0.1) is 0 Å². The summed E-state index contributed by atoms with van der Waals surface area (Å²) in [7, 11) is 1.93. The lowest BCUT2D eigenvalue weighted by molar-refractivity contribution is -0.143. The molecule has 3 fully saturated rings. The van der Waals surface area contributed by atoms with E-state index in [1.54, 1.807) is 22.9 Å². The second-order valence-corrected chi connectivity index (χ2v) is 12.9. The third-order valence-corrected chi connectivity index (χ3v) is 9.81. The Hall–Kier alpha value is -3.90. The van der Waals surface area contributed by atoms with E-state index < -0.39 is 5.41 Å². The highest BCUT2D eigenvalue weighted by atomic mass is 16.5. The summed E-state index contributed by atoms with van der Waals surface area (Å²) in [6, 6.07) is 3.30. The number of rotatable bonds is 11. The molecular weight excluding hydrogens is 610 g/mol. The minimum atomic E-state index is -0.995. The van der Waals surface area contributed by atoms with Crippen LogP contribution in [0.25, 0.3) is 5.70 Å². The molecule has 4 atom stereocenters. The van der Waals surface area contributed by atoms with Crippen molar-refractivity contribution in [1.82, 2.24) is 19.9 Å². The Morgan fingerprint density at radius 3 is 2.67 bits per heavy atom. The van der Waals surface area contributed by atoms with Gasteiger partial charge >= 0.3 is 0 Å². The summed E-state index contributed by atoms with van der Waals surface area (Å²) in [6.07, 6.45) is 10.0. The fraction of sp³-hybridized carbons (Fsp3) is 0.611. The summed E-state index contributed by atoms with van der Waals surface area (Å²) >= 11 is 0. The minimum absolute atomic E-state index is 0.0121. The van der Waals surface area contributed by atoms with E-state index in [1.807, 2.05) is 27.8 Å². The average Bonchev–Trinajstić information content (AvgIpc) is 3.63. The number of nitrogens with zero attached hydrogens (tertiary/aromatic N) is 4. The first-order chi connectivity index (χ1) is 23.1. The molecule has 48 heavy (non-hydrogen) atoms. The maximum absolute atomic E-state index is 13.9. The molecule has 1 spiro atoms. The topological polar surface area (TPSA) is 177 Å². The first-order valence-corrected chi connectivity index (χ1v) is 17.5. The molecule has 1 unspecified atom stereocenters. The Bertz CT molecular complexity index is 1560. The second kappa shape index (κ2) is 17.0. The van der Waals surface area contributed by atoms with Crippen molar-refractivity contribution in [2.45, 2.75) is 104 Å². The highest BCUT2D eigenvalue weighted by Crippen LogP contribution is 2.45. The molecule has 12 nitrogen and oxygen atoms in total. The molecule has 2 aliphatic carbocycles. The van der Waals surface area contributed by atoms with Crippen LogP contribution in [0.2, 0.25) is 0 Å². The number of aromatic nitrogens is 3. The smallest absolute Gasteiger partial charge is 0.274 e. The molecule has 12 heteroatoms. The maximum atomic E-state index is 13.9. The number of nitrogen functional groups attached to an aromatic ring is 1. The van der Waals surface area contributed by atoms with Crippen LogP contribution in [0.15, 0.2) is 33.7 Å². The number of anilines is 1. The molecule has 5 N–H and O–H groups in total. The quantitative estimate of drug-likeness (QED) is 0.130. The lowest BCUT2D eigenvalue weighted by Crippen LogP contribution is -2.45. The summed E-state index contributed by atoms with van der Waals surface area (Å²) in [5, 5.41) is 3.17. The predicted octanol–water partition coefficient (Wildman–Crippen LogP) is 4.91. The lowest BCUT2D eigenvalue weighted by atomic mass is 9.62. The molecule has 0 bridgehead atoms. The van der Waals surface area contributed by atoms with Gasteiger partial charge in [0.2, 0.25) is 5.88 Å². The molecule has 1 saturated heterocycles. The first kappa shape index (κ1) is 36.9. The number of carbonyl (C=O) groups excluding carboxylic acids is 2. The monoisotopic (exact) mass is 663 g/mol. The third kappa shape index (κ3) is 8.20. The number of hydrogen-bond acceptors (Lipinski definition) is 11. The number of ketones is 2. The van der Waals surface area contributed by atoms with Crippen LogP contribution in [0.1, 0.15) is 109 Å². The van der Waals surface area contributed by atoms with Crippen molar-refractivity contribution in [2.75, 3.05) is 32.5 Å². The van der Waals surface area contributed by atoms with Gasteiger partial charge in [0.05, 0.1) is 23.8 Å². The van der Waals surface area contributed by atoms with Gasteiger partial charge in [-0.1, -0.05) is 27.2 Å². The molecule has 2 aromatic heterocycles. The number of nitrogens with one attached hydrogen (secondary N) is 1. The minimum Gasteiger partial charge on any atom is -0.474 e. The van der Waals surface area contributed by atoms with Gasteiger partial charge in [0.15, 0.2) is 17.4 Å². The van der Waals surface area contributed by atoms with E-state index >= 15 is 0 Å². The van der Waals surface area contributed by atoms with Crippen molar-refractivity contribution in [2.24, 2.45) is 22.1 Å². The Balaban J connectivity index is 0.00000255. The van der Waals surface area contributed by atoms with E-state index in [2.05, 4.69) is 27.2 Å². The van der Waals surface area contributed by atoms with E-state index in [4.69, 9.17) is 20.9 Å². The highest BCUT2D eigenvalue weighted by molar-refractivity contribution is 6.17. The molecule has 3 heterocycles. The molecule has 0 radical (unpaired) electrons. The van der Waals surface area contributed by atoms with Crippen LogP contribution in [0.3, 0.4) is 0 Å². The number of carbonyl (C=O) groups is 2. The van der Waals surface area contributed by atoms with Crippen LogP contribution in [0.5, 0.6) is 5.88 Å². The zero-order chi connectivity index (χ0) is 34.8. The van der Waals surface area contributed by atoms with Crippen molar-refractivity contribution in [3.8, 4) is 5.88 Å². The second-order valence-electron chi connectivity index (χ2n) is 12.9. The van der Waals surface area contributed by atoms with Gasteiger partial charge in [-0.25, -0.2) is 9.98 Å². The van der Waals surface area contributed by atoms with E-state index in [9.17, 15) is 14.4 Å².